The van der Waals surface area contributed by atoms with Gasteiger partial charge in [0, 0.05) is 0 Å². The summed E-state index contributed by atoms with van der Waals surface area (Å²) in [6, 6.07) is 20.2. The fourth-order valence-corrected chi connectivity index (χ4v) is 13.7. The van der Waals surface area contributed by atoms with Crippen LogP contribution in [-0.2, 0) is 22.9 Å². The molecule has 0 N–H and O–H groups in total. The zero-order chi connectivity index (χ0) is 20.1. The van der Waals surface area contributed by atoms with Crippen molar-refractivity contribution in [2.24, 2.45) is 5.41 Å². The molecule has 2 atom stereocenters. The van der Waals surface area contributed by atoms with Crippen molar-refractivity contribution >= 4 is 19.2 Å². The van der Waals surface area contributed by atoms with Crippen LogP contribution in [0.5, 0.6) is 0 Å². The Morgan fingerprint density at radius 2 is 1.46 bits per heavy atom. The molecule has 0 aromatic heterocycles. The van der Waals surface area contributed by atoms with E-state index in [-0.39, 0.29) is 5.41 Å². The van der Waals surface area contributed by atoms with Gasteiger partial charge < -0.3 is 0 Å². The standard InChI is InChI=1S/C16H14P.C10H15.Hf/c1-12-11-13-7-5-6-10-15(13)16(12)17-14-8-3-2-4-9-14;1-7-6-10(4,5)9(3)8(7)2;/h2-11,17H,1H3;1-5H3;. The molecule has 0 nitrogen and oxygen atoms in total. The van der Waals surface area contributed by atoms with Gasteiger partial charge in [-0.3, -0.25) is 0 Å². The van der Waals surface area contributed by atoms with Crippen LogP contribution in [0.2, 0.25) is 0 Å². The van der Waals surface area contributed by atoms with E-state index in [4.69, 9.17) is 0 Å². The van der Waals surface area contributed by atoms with Crippen molar-refractivity contribution in [1.29, 1.82) is 0 Å². The quantitative estimate of drug-likeness (QED) is 0.279. The van der Waals surface area contributed by atoms with E-state index in [1.54, 1.807) is 33.2 Å². The Kier molecular flexibility index (Phi) is 5.54. The first kappa shape index (κ1) is 20.2. The van der Waals surface area contributed by atoms with E-state index in [2.05, 4.69) is 96.1 Å². The van der Waals surface area contributed by atoms with Gasteiger partial charge in [-0.1, -0.05) is 0 Å². The first-order chi connectivity index (χ1) is 13.3. The molecule has 2 heteroatoms. The second-order valence-corrected chi connectivity index (χ2v) is 14.8. The molecule has 0 radical (unpaired) electrons. The topological polar surface area (TPSA) is 0 Å². The number of hydrogen-bond acceptors (Lipinski definition) is 0. The predicted octanol–water partition coefficient (Wildman–Crippen LogP) is 7.21. The Bertz CT molecular complexity index is 1020. The molecule has 0 heterocycles. The Balaban J connectivity index is 1.74. The molecule has 2 aliphatic carbocycles. The summed E-state index contributed by atoms with van der Waals surface area (Å²) in [5, 5.41) is 3.06. The summed E-state index contributed by atoms with van der Waals surface area (Å²) >= 11 is -1.08. The van der Waals surface area contributed by atoms with Gasteiger partial charge in [0.15, 0.2) is 0 Å². The van der Waals surface area contributed by atoms with Gasteiger partial charge in [-0.2, -0.15) is 0 Å². The van der Waals surface area contributed by atoms with Gasteiger partial charge in [-0.15, -0.1) is 0 Å². The predicted molar refractivity (Wildman–Crippen MR) is 121 cm³/mol. The fraction of sp³-hybridized carbons (Fsp3) is 0.308. The van der Waals surface area contributed by atoms with Gasteiger partial charge in [-0.25, -0.2) is 0 Å². The summed E-state index contributed by atoms with van der Waals surface area (Å²) < 4.78 is 2.52. The molecule has 0 amide bonds. The third kappa shape index (κ3) is 3.29. The van der Waals surface area contributed by atoms with Gasteiger partial charge in [0.2, 0.25) is 0 Å². The molecule has 2 aromatic carbocycles. The minimum absolute atomic E-state index is 0.261. The van der Waals surface area contributed by atoms with Crippen LogP contribution in [0.15, 0.2) is 80.2 Å². The van der Waals surface area contributed by atoms with Crippen LogP contribution in [0.3, 0.4) is 0 Å². The molecule has 2 aromatic rings. The first-order valence-corrected chi connectivity index (χ1v) is 15.0. The molecular weight excluding hydrogens is 522 g/mol. The van der Waals surface area contributed by atoms with E-state index >= 15 is 0 Å². The average Bonchev–Trinajstić information content (AvgIpc) is 3.03. The van der Waals surface area contributed by atoms with Crippen molar-refractivity contribution in [3.05, 3.63) is 91.3 Å². The van der Waals surface area contributed by atoms with Crippen molar-refractivity contribution in [2.75, 3.05) is 0 Å². The van der Waals surface area contributed by atoms with Crippen molar-refractivity contribution in [2.45, 2.75) is 45.2 Å². The molecule has 0 fully saturated rings. The van der Waals surface area contributed by atoms with Gasteiger partial charge >= 0.3 is 184 Å². The summed E-state index contributed by atoms with van der Waals surface area (Å²) in [7, 11) is 0.759. The van der Waals surface area contributed by atoms with Gasteiger partial charge in [-0.05, 0) is 0 Å². The van der Waals surface area contributed by atoms with Crippen molar-refractivity contribution in [3.8, 4) is 0 Å². The zero-order valence-corrected chi connectivity index (χ0v) is 22.4. The van der Waals surface area contributed by atoms with Gasteiger partial charge in [0.05, 0.1) is 0 Å². The van der Waals surface area contributed by atoms with E-state index in [0.717, 1.165) is 8.58 Å². The Morgan fingerprint density at radius 3 is 2.11 bits per heavy atom. The van der Waals surface area contributed by atoms with Crippen LogP contribution in [0.4, 0.5) is 0 Å². The zero-order valence-electron chi connectivity index (χ0n) is 17.8. The molecule has 0 saturated heterocycles. The number of benzene rings is 2. The average molecular weight is 551 g/mol. The maximum absolute atomic E-state index is 2.46. The van der Waals surface area contributed by atoms with Crippen LogP contribution >= 0.6 is 8.58 Å². The molecule has 2 unspecified atom stereocenters. The minimum atomic E-state index is -1.08. The van der Waals surface area contributed by atoms with E-state index < -0.39 is 22.9 Å². The number of allylic oxidation sites excluding steroid dienone is 5. The summed E-state index contributed by atoms with van der Waals surface area (Å²) in [4.78, 5) is 0. The molecule has 142 valence electrons. The summed E-state index contributed by atoms with van der Waals surface area (Å²) in [5.74, 6) is 0. The third-order valence-electron chi connectivity index (χ3n) is 6.76. The molecule has 28 heavy (non-hydrogen) atoms. The number of hydrogen-bond donors (Lipinski definition) is 0. The Labute approximate surface area is 183 Å². The summed E-state index contributed by atoms with van der Waals surface area (Å²) in [6.45, 7) is 14.4. The monoisotopic (exact) mass is 552 g/mol. The Hall–Kier alpha value is -1.04. The fourth-order valence-electron chi connectivity index (χ4n) is 4.61. The normalized spacial score (nSPS) is 21.3. The van der Waals surface area contributed by atoms with E-state index in [9.17, 15) is 0 Å². The van der Waals surface area contributed by atoms with Crippen LogP contribution in [0.25, 0.3) is 5.31 Å². The molecular formula is C26H29HfP. The summed E-state index contributed by atoms with van der Waals surface area (Å²) in [5.41, 5.74) is 9.80. The van der Waals surface area contributed by atoms with Crippen molar-refractivity contribution in [1.82, 2.24) is 0 Å². The van der Waals surface area contributed by atoms with Crippen LogP contribution in [0, 0.1) is 5.41 Å². The molecule has 0 aliphatic heterocycles. The van der Waals surface area contributed by atoms with Crippen molar-refractivity contribution < 1.29 is 22.9 Å². The van der Waals surface area contributed by atoms with Crippen LogP contribution in [-0.4, -0.2) is 0 Å². The number of rotatable bonds is 4. The first-order valence-electron chi connectivity index (χ1n) is 10.1. The molecule has 0 bridgehead atoms. The third-order valence-corrected chi connectivity index (χ3v) is 16.6. The van der Waals surface area contributed by atoms with Crippen LogP contribution < -0.4 is 5.30 Å². The van der Waals surface area contributed by atoms with Gasteiger partial charge in [0.1, 0.15) is 0 Å². The SMILES string of the molecule is CC1=C(C)C(C)(C)[C]([Hf][CH]2C(C)=C(Pc3ccccc3)c3ccccc32)=C1C. The van der Waals surface area contributed by atoms with Gasteiger partial charge in [0.25, 0.3) is 0 Å². The second kappa shape index (κ2) is 7.66. The Morgan fingerprint density at radius 1 is 0.821 bits per heavy atom. The molecule has 0 saturated carbocycles. The summed E-state index contributed by atoms with van der Waals surface area (Å²) in [6.07, 6.45) is 0. The molecule has 2 aliphatic rings. The second-order valence-electron chi connectivity index (χ2n) is 8.59. The van der Waals surface area contributed by atoms with E-state index in [1.165, 1.54) is 10.9 Å². The molecule has 4 rings (SSSR count). The van der Waals surface area contributed by atoms with E-state index in [1.807, 2.05) is 3.33 Å². The van der Waals surface area contributed by atoms with E-state index in [0.29, 0.717) is 3.67 Å². The molecule has 0 spiro atoms. The number of fused-ring (bicyclic) bond motifs is 1. The maximum atomic E-state index is 2.46. The van der Waals surface area contributed by atoms with Crippen molar-refractivity contribution in [3.63, 3.8) is 0 Å². The van der Waals surface area contributed by atoms with Crippen LogP contribution in [0.1, 0.15) is 56.3 Å².